The highest BCUT2D eigenvalue weighted by Crippen LogP contribution is 2.21. The van der Waals surface area contributed by atoms with Gasteiger partial charge < -0.3 is 14.5 Å². The molecule has 0 aliphatic rings. The molecule has 122 valence electrons. The molecule has 6 heteroatoms. The summed E-state index contributed by atoms with van der Waals surface area (Å²) >= 11 is 0. The van der Waals surface area contributed by atoms with Crippen molar-refractivity contribution in [1.82, 2.24) is 15.5 Å². The second-order valence-electron chi connectivity index (χ2n) is 5.28. The minimum atomic E-state index is -0.181. The summed E-state index contributed by atoms with van der Waals surface area (Å²) in [6.45, 7) is 2.15. The van der Waals surface area contributed by atoms with Crippen molar-refractivity contribution in [3.63, 3.8) is 0 Å². The fourth-order valence-corrected chi connectivity index (χ4v) is 2.14. The van der Waals surface area contributed by atoms with Crippen LogP contribution in [0.1, 0.15) is 21.8 Å². The van der Waals surface area contributed by atoms with E-state index in [4.69, 9.17) is 9.15 Å². The number of hydrogen-bond acceptors (Lipinski definition) is 5. The van der Waals surface area contributed by atoms with E-state index in [1.165, 1.54) is 0 Å². The van der Waals surface area contributed by atoms with Crippen LogP contribution in [0.3, 0.4) is 0 Å². The quantitative estimate of drug-likeness (QED) is 0.781. The number of aryl methyl sites for hydroxylation is 1. The summed E-state index contributed by atoms with van der Waals surface area (Å²) in [6.07, 6.45) is 0. The number of nitrogens with one attached hydrogen (secondary N) is 1. The summed E-state index contributed by atoms with van der Waals surface area (Å²) in [5.41, 5.74) is 2.49. The lowest BCUT2D eigenvalue weighted by atomic mass is 10.1. The Hall–Kier alpha value is -3.15. The zero-order valence-electron chi connectivity index (χ0n) is 13.4. The third kappa shape index (κ3) is 3.60. The van der Waals surface area contributed by atoms with Gasteiger partial charge in [0.2, 0.25) is 11.8 Å². The van der Waals surface area contributed by atoms with Gasteiger partial charge in [0.15, 0.2) is 0 Å². The Labute approximate surface area is 139 Å². The number of carbonyl (C=O) groups is 1. The van der Waals surface area contributed by atoms with E-state index >= 15 is 0 Å². The van der Waals surface area contributed by atoms with E-state index in [1.807, 2.05) is 43.3 Å². The second-order valence-corrected chi connectivity index (χ2v) is 5.28. The van der Waals surface area contributed by atoms with Crippen LogP contribution in [0.15, 0.2) is 52.9 Å². The monoisotopic (exact) mass is 323 g/mol. The first-order chi connectivity index (χ1) is 11.7. The van der Waals surface area contributed by atoms with Gasteiger partial charge in [-0.1, -0.05) is 17.7 Å². The van der Waals surface area contributed by atoms with Crippen molar-refractivity contribution in [2.75, 3.05) is 7.11 Å². The number of benzene rings is 2. The Morgan fingerprint density at radius 2 is 1.79 bits per heavy atom. The fourth-order valence-electron chi connectivity index (χ4n) is 2.14. The van der Waals surface area contributed by atoms with Gasteiger partial charge in [-0.2, -0.15) is 0 Å². The van der Waals surface area contributed by atoms with Gasteiger partial charge in [-0.05, 0) is 43.3 Å². The Morgan fingerprint density at radius 1 is 1.08 bits per heavy atom. The van der Waals surface area contributed by atoms with Gasteiger partial charge in [0.05, 0.1) is 13.7 Å². The normalized spacial score (nSPS) is 10.4. The molecule has 0 atom stereocenters. The molecule has 1 heterocycles. The zero-order chi connectivity index (χ0) is 16.9. The van der Waals surface area contributed by atoms with Crippen LogP contribution in [0.25, 0.3) is 11.5 Å². The highest BCUT2D eigenvalue weighted by Gasteiger charge is 2.11. The van der Waals surface area contributed by atoms with E-state index in [-0.39, 0.29) is 12.5 Å². The van der Waals surface area contributed by atoms with Crippen LogP contribution >= 0.6 is 0 Å². The average molecular weight is 323 g/mol. The van der Waals surface area contributed by atoms with Crippen LogP contribution in [-0.4, -0.2) is 23.2 Å². The van der Waals surface area contributed by atoms with Crippen LogP contribution in [0, 0.1) is 6.92 Å². The molecule has 0 aliphatic carbocycles. The van der Waals surface area contributed by atoms with Gasteiger partial charge in [-0.25, -0.2) is 0 Å². The van der Waals surface area contributed by atoms with Crippen LogP contribution in [0.2, 0.25) is 0 Å². The van der Waals surface area contributed by atoms with E-state index in [0.29, 0.717) is 17.3 Å². The summed E-state index contributed by atoms with van der Waals surface area (Å²) in [5.74, 6) is 1.32. The second kappa shape index (κ2) is 6.95. The van der Waals surface area contributed by atoms with Crippen molar-refractivity contribution < 1.29 is 13.9 Å². The average Bonchev–Trinajstić information content (AvgIpc) is 3.09. The van der Waals surface area contributed by atoms with Crippen molar-refractivity contribution in [2.45, 2.75) is 13.5 Å². The summed E-state index contributed by atoms with van der Waals surface area (Å²) in [4.78, 5) is 12.1. The van der Waals surface area contributed by atoms with Gasteiger partial charge in [-0.15, -0.1) is 10.2 Å². The van der Waals surface area contributed by atoms with E-state index < -0.39 is 0 Å². The molecule has 0 saturated heterocycles. The standard InChI is InChI=1S/C18H17N3O3/c1-12-3-5-13(6-4-12)17(22)19-11-16-20-21-18(24-16)14-7-9-15(23-2)10-8-14/h3-10H,11H2,1-2H3,(H,19,22). The first-order valence-electron chi connectivity index (χ1n) is 7.47. The molecule has 6 nitrogen and oxygen atoms in total. The van der Waals surface area contributed by atoms with Crippen molar-refractivity contribution >= 4 is 5.91 Å². The van der Waals surface area contributed by atoms with Gasteiger partial charge in [0.1, 0.15) is 5.75 Å². The maximum Gasteiger partial charge on any atom is 0.251 e. The number of ether oxygens (including phenoxy) is 1. The Bertz CT molecular complexity index is 823. The molecule has 0 fully saturated rings. The number of nitrogens with zero attached hydrogens (tertiary/aromatic N) is 2. The van der Waals surface area contributed by atoms with Gasteiger partial charge >= 0.3 is 0 Å². The summed E-state index contributed by atoms with van der Waals surface area (Å²) in [7, 11) is 1.61. The molecule has 2 aromatic carbocycles. The summed E-state index contributed by atoms with van der Waals surface area (Å²) in [6, 6.07) is 14.6. The predicted octanol–water partition coefficient (Wildman–Crippen LogP) is 2.98. The molecule has 3 rings (SSSR count). The number of carbonyl (C=O) groups excluding carboxylic acids is 1. The van der Waals surface area contributed by atoms with Crippen molar-refractivity contribution in [2.24, 2.45) is 0 Å². The van der Waals surface area contributed by atoms with Crippen molar-refractivity contribution in [1.29, 1.82) is 0 Å². The maximum absolute atomic E-state index is 12.1. The number of methoxy groups -OCH3 is 1. The molecule has 0 spiro atoms. The minimum absolute atomic E-state index is 0.176. The number of hydrogen-bond donors (Lipinski definition) is 1. The Kier molecular flexibility index (Phi) is 4.56. The van der Waals surface area contributed by atoms with E-state index in [1.54, 1.807) is 19.2 Å². The van der Waals surface area contributed by atoms with Gasteiger partial charge in [0.25, 0.3) is 5.91 Å². The molecule has 0 saturated carbocycles. The lowest BCUT2D eigenvalue weighted by Gasteiger charge is -2.02. The molecule has 1 aromatic heterocycles. The third-order valence-corrected chi connectivity index (χ3v) is 3.52. The van der Waals surface area contributed by atoms with Gasteiger partial charge in [0, 0.05) is 11.1 Å². The maximum atomic E-state index is 12.1. The fraction of sp³-hybridized carbons (Fsp3) is 0.167. The van der Waals surface area contributed by atoms with Crippen LogP contribution in [0.5, 0.6) is 5.75 Å². The smallest absolute Gasteiger partial charge is 0.251 e. The molecule has 0 aliphatic heterocycles. The molecular weight excluding hydrogens is 306 g/mol. The lowest BCUT2D eigenvalue weighted by molar-refractivity contribution is 0.0947. The van der Waals surface area contributed by atoms with E-state index in [2.05, 4.69) is 15.5 Å². The van der Waals surface area contributed by atoms with Crippen LogP contribution < -0.4 is 10.1 Å². The largest absolute Gasteiger partial charge is 0.497 e. The summed E-state index contributed by atoms with van der Waals surface area (Å²) < 4.78 is 10.7. The molecule has 24 heavy (non-hydrogen) atoms. The first-order valence-corrected chi connectivity index (χ1v) is 7.47. The topological polar surface area (TPSA) is 77.3 Å². The highest BCUT2D eigenvalue weighted by molar-refractivity contribution is 5.94. The molecule has 0 radical (unpaired) electrons. The van der Waals surface area contributed by atoms with E-state index in [9.17, 15) is 4.79 Å². The molecule has 0 unspecified atom stereocenters. The number of rotatable bonds is 5. The third-order valence-electron chi connectivity index (χ3n) is 3.52. The van der Waals surface area contributed by atoms with Crippen LogP contribution in [0.4, 0.5) is 0 Å². The molecule has 1 amide bonds. The lowest BCUT2D eigenvalue weighted by Crippen LogP contribution is -2.22. The predicted molar refractivity (Wildman–Crippen MR) is 88.6 cm³/mol. The van der Waals surface area contributed by atoms with E-state index in [0.717, 1.165) is 16.9 Å². The Morgan fingerprint density at radius 3 is 2.46 bits per heavy atom. The highest BCUT2D eigenvalue weighted by atomic mass is 16.5. The van der Waals surface area contributed by atoms with Gasteiger partial charge in [-0.3, -0.25) is 4.79 Å². The number of amides is 1. The minimum Gasteiger partial charge on any atom is -0.497 e. The molecule has 0 bridgehead atoms. The Balaban J connectivity index is 1.63. The first kappa shape index (κ1) is 15.7. The zero-order valence-corrected chi connectivity index (χ0v) is 13.4. The number of aromatic nitrogens is 2. The van der Waals surface area contributed by atoms with Crippen LogP contribution in [-0.2, 0) is 6.54 Å². The molecule has 1 N–H and O–H groups in total. The molecule has 3 aromatic rings. The van der Waals surface area contributed by atoms with Crippen molar-refractivity contribution in [3.8, 4) is 17.2 Å². The van der Waals surface area contributed by atoms with Crippen molar-refractivity contribution in [3.05, 3.63) is 65.5 Å². The summed E-state index contributed by atoms with van der Waals surface area (Å²) in [5, 5.41) is 10.7. The SMILES string of the molecule is COc1ccc(-c2nnc(CNC(=O)c3ccc(C)cc3)o2)cc1. The molecular formula is C18H17N3O3.